The van der Waals surface area contributed by atoms with Crippen LogP contribution in [0.4, 0.5) is 4.79 Å². The van der Waals surface area contributed by atoms with Crippen LogP contribution in [0.1, 0.15) is 86.6 Å². The van der Waals surface area contributed by atoms with Crippen molar-refractivity contribution in [2.45, 2.75) is 130 Å². The summed E-state index contributed by atoms with van der Waals surface area (Å²) in [5, 5.41) is 5.83. The molecule has 1 saturated heterocycles. The molecule has 1 aromatic rings. The first-order valence-corrected chi connectivity index (χ1v) is 19.2. The monoisotopic (exact) mass is 745 g/mol. The van der Waals surface area contributed by atoms with Gasteiger partial charge in [-0.25, -0.2) is 9.59 Å². The number of urea groups is 1. The number of carbonyl (C=O) groups is 5. The Morgan fingerprint density at radius 2 is 1.57 bits per heavy atom. The number of likely N-dealkylation sites (N-methyl/N-ethyl adjacent to an activating group) is 1. The third-order valence-corrected chi connectivity index (χ3v) is 10.8. The van der Waals surface area contributed by atoms with Crippen LogP contribution in [0.25, 0.3) is 0 Å². The van der Waals surface area contributed by atoms with E-state index in [4.69, 9.17) is 14.2 Å². The molecule has 0 spiro atoms. The van der Waals surface area contributed by atoms with Crippen molar-refractivity contribution in [3.05, 3.63) is 35.9 Å². The van der Waals surface area contributed by atoms with Gasteiger partial charge in [0.25, 0.3) is 0 Å². The average Bonchev–Trinajstić information content (AvgIpc) is 3.62. The number of nitrogens with zero attached hydrogens (tertiary/aromatic N) is 3. The fourth-order valence-corrected chi connectivity index (χ4v) is 7.49. The van der Waals surface area contributed by atoms with Crippen molar-refractivity contribution >= 4 is 29.7 Å². The summed E-state index contributed by atoms with van der Waals surface area (Å²) in [5.74, 6) is -2.25. The SMILES string of the molecule is CC[C@H](C)[C@@H]([C@@H](CC(=O)N1CCC[C@H]1[C@H](OC)[C@@H](C)C(=O)N[C@@H](Cc1ccccc1)C(=O)OC)OC)N(C)C(=O)[C@@H](NC(=O)N(CC)C(C)C)C(C)C. The zero-order valence-corrected chi connectivity index (χ0v) is 34.2. The number of nitrogens with one attached hydrogen (secondary N) is 2. The molecule has 0 unspecified atom stereocenters. The highest BCUT2D eigenvalue weighted by Gasteiger charge is 2.43. The van der Waals surface area contributed by atoms with Gasteiger partial charge in [0.15, 0.2) is 0 Å². The molecule has 0 saturated carbocycles. The minimum absolute atomic E-state index is 0.00773. The van der Waals surface area contributed by atoms with Crippen molar-refractivity contribution in [2.75, 3.05) is 41.5 Å². The zero-order chi connectivity index (χ0) is 40.0. The Morgan fingerprint density at radius 3 is 2.08 bits per heavy atom. The molecule has 13 heteroatoms. The minimum Gasteiger partial charge on any atom is -0.467 e. The molecule has 13 nitrogen and oxygen atoms in total. The van der Waals surface area contributed by atoms with Crippen LogP contribution in [0, 0.1) is 17.8 Å². The summed E-state index contributed by atoms with van der Waals surface area (Å²) >= 11 is 0. The first-order valence-electron chi connectivity index (χ1n) is 19.2. The lowest BCUT2D eigenvalue weighted by Gasteiger charge is -2.41. The van der Waals surface area contributed by atoms with E-state index in [0.29, 0.717) is 19.5 Å². The third-order valence-electron chi connectivity index (χ3n) is 10.8. The van der Waals surface area contributed by atoms with Crippen LogP contribution in [0.5, 0.6) is 0 Å². The molecule has 300 valence electrons. The van der Waals surface area contributed by atoms with Gasteiger partial charge in [0.05, 0.1) is 43.7 Å². The molecule has 1 heterocycles. The van der Waals surface area contributed by atoms with E-state index in [0.717, 1.165) is 18.4 Å². The Morgan fingerprint density at radius 1 is 0.925 bits per heavy atom. The van der Waals surface area contributed by atoms with E-state index in [1.165, 1.54) is 14.2 Å². The standard InChI is InChI=1S/C40H67N5O8/c1-13-27(7)35(43(9)38(48)34(25(3)4)42-40(50)44(14-2)26(5)6)32(51-10)24-33(46)45-22-18-21-31(45)36(52-11)28(8)37(47)41-30(39(49)53-12)23-29-19-16-15-17-20-29/h15-17,19-20,25-28,30-32,34-36H,13-14,18,21-24H2,1-12H3,(H,41,47)(H,42,50)/t27-,28+,30-,31-,32+,34-,35-,36+/m0/s1. The van der Waals surface area contributed by atoms with Gasteiger partial charge >= 0.3 is 12.0 Å². The topological polar surface area (TPSA) is 147 Å². The zero-order valence-electron chi connectivity index (χ0n) is 34.2. The fraction of sp³-hybridized carbons (Fsp3) is 0.725. The van der Waals surface area contributed by atoms with Gasteiger partial charge in [-0.2, -0.15) is 0 Å². The van der Waals surface area contributed by atoms with E-state index in [1.54, 1.807) is 35.8 Å². The number of esters is 1. The Labute approximate surface area is 317 Å². The summed E-state index contributed by atoms with van der Waals surface area (Å²) < 4.78 is 16.9. The third kappa shape index (κ3) is 12.1. The van der Waals surface area contributed by atoms with Crippen molar-refractivity contribution < 1.29 is 38.2 Å². The summed E-state index contributed by atoms with van der Waals surface area (Å²) in [7, 11) is 6.08. The molecule has 0 radical (unpaired) electrons. The highest BCUT2D eigenvalue weighted by atomic mass is 16.5. The highest BCUT2D eigenvalue weighted by Crippen LogP contribution is 2.30. The number of amides is 5. The lowest BCUT2D eigenvalue weighted by Crippen LogP contribution is -2.59. The summed E-state index contributed by atoms with van der Waals surface area (Å²) in [6.45, 7) is 16.4. The number of benzene rings is 1. The van der Waals surface area contributed by atoms with Gasteiger partial charge in [-0.3, -0.25) is 14.4 Å². The number of carbonyl (C=O) groups excluding carboxylic acids is 5. The Kier molecular flexibility index (Phi) is 18.7. The molecule has 1 aromatic carbocycles. The second-order valence-electron chi connectivity index (χ2n) is 14.9. The predicted octanol–water partition coefficient (Wildman–Crippen LogP) is 4.27. The highest BCUT2D eigenvalue weighted by molar-refractivity contribution is 5.88. The number of methoxy groups -OCH3 is 3. The average molecular weight is 746 g/mol. The van der Waals surface area contributed by atoms with Gasteiger partial charge in [0.2, 0.25) is 17.7 Å². The Balaban J connectivity index is 2.27. The molecule has 0 aromatic heterocycles. The van der Waals surface area contributed by atoms with Crippen molar-refractivity contribution in [3.8, 4) is 0 Å². The van der Waals surface area contributed by atoms with E-state index < -0.39 is 42.2 Å². The molecule has 0 aliphatic carbocycles. The molecule has 2 rings (SSSR count). The van der Waals surface area contributed by atoms with E-state index in [2.05, 4.69) is 10.6 Å². The maximum atomic E-state index is 14.2. The second-order valence-corrected chi connectivity index (χ2v) is 14.9. The quantitative estimate of drug-likeness (QED) is 0.188. The summed E-state index contributed by atoms with van der Waals surface area (Å²) in [6.07, 6.45) is 1.09. The largest absolute Gasteiger partial charge is 0.467 e. The molecule has 5 amide bonds. The van der Waals surface area contributed by atoms with Crippen molar-refractivity contribution in [3.63, 3.8) is 0 Å². The second kappa shape index (κ2) is 21.9. The summed E-state index contributed by atoms with van der Waals surface area (Å²) in [5.41, 5.74) is 0.876. The molecular formula is C40H67N5O8. The van der Waals surface area contributed by atoms with Crippen LogP contribution in [-0.4, -0.2) is 128 Å². The lowest BCUT2D eigenvalue weighted by molar-refractivity contribution is -0.148. The maximum Gasteiger partial charge on any atom is 0.328 e. The van der Waals surface area contributed by atoms with Gasteiger partial charge in [-0.15, -0.1) is 0 Å². The Hall–Kier alpha value is -3.71. The van der Waals surface area contributed by atoms with Crippen molar-refractivity contribution in [2.24, 2.45) is 17.8 Å². The molecule has 1 fully saturated rings. The van der Waals surface area contributed by atoms with Crippen LogP contribution in [0.3, 0.4) is 0 Å². The fourth-order valence-electron chi connectivity index (χ4n) is 7.49. The number of ether oxygens (including phenoxy) is 3. The number of hydrogen-bond donors (Lipinski definition) is 2. The minimum atomic E-state index is -0.889. The first kappa shape index (κ1) is 45.4. The number of rotatable bonds is 20. The van der Waals surface area contributed by atoms with Crippen LogP contribution in [0.15, 0.2) is 30.3 Å². The van der Waals surface area contributed by atoms with Gasteiger partial charge in [-0.1, -0.05) is 71.4 Å². The molecule has 2 N–H and O–H groups in total. The van der Waals surface area contributed by atoms with E-state index in [-0.39, 0.29) is 60.5 Å². The van der Waals surface area contributed by atoms with Gasteiger partial charge in [-0.05, 0) is 51.0 Å². The summed E-state index contributed by atoms with van der Waals surface area (Å²) in [4.78, 5) is 72.9. The van der Waals surface area contributed by atoms with Crippen molar-refractivity contribution in [1.29, 1.82) is 0 Å². The molecule has 0 bridgehead atoms. The van der Waals surface area contributed by atoms with Crippen LogP contribution >= 0.6 is 0 Å². The van der Waals surface area contributed by atoms with Crippen LogP contribution < -0.4 is 10.6 Å². The molecule has 1 aliphatic heterocycles. The van der Waals surface area contributed by atoms with E-state index in [1.807, 2.05) is 78.8 Å². The molecule has 1 aliphatic rings. The maximum absolute atomic E-state index is 14.2. The molecular weight excluding hydrogens is 678 g/mol. The molecule has 8 atom stereocenters. The predicted molar refractivity (Wildman–Crippen MR) is 205 cm³/mol. The van der Waals surface area contributed by atoms with Crippen LogP contribution in [0.2, 0.25) is 0 Å². The number of likely N-dealkylation sites (tertiary alicyclic amines) is 1. The number of hydrogen-bond acceptors (Lipinski definition) is 8. The first-order chi connectivity index (χ1) is 25.1. The van der Waals surface area contributed by atoms with Gasteiger partial charge in [0, 0.05) is 46.8 Å². The molecule has 53 heavy (non-hydrogen) atoms. The normalized spacial score (nSPS) is 18.4. The Bertz CT molecular complexity index is 1330. The lowest BCUT2D eigenvalue weighted by atomic mass is 9.89. The van der Waals surface area contributed by atoms with Crippen LogP contribution in [-0.2, 0) is 39.8 Å². The van der Waals surface area contributed by atoms with Gasteiger partial charge < -0.3 is 39.5 Å². The smallest absolute Gasteiger partial charge is 0.328 e. The van der Waals surface area contributed by atoms with Crippen molar-refractivity contribution in [1.82, 2.24) is 25.3 Å². The van der Waals surface area contributed by atoms with Gasteiger partial charge in [0.1, 0.15) is 12.1 Å². The van der Waals surface area contributed by atoms with E-state index >= 15 is 0 Å². The summed E-state index contributed by atoms with van der Waals surface area (Å²) in [6, 6.07) is 6.54. The van der Waals surface area contributed by atoms with E-state index in [9.17, 15) is 24.0 Å².